The number of carbonyl (C=O) groups excluding carboxylic acids is 6. The Kier molecular flexibility index (Phi) is 4.15. The fraction of sp³-hybridized carbons (Fsp3) is 0.583. The van der Waals surface area contributed by atoms with Gasteiger partial charge in [-0.25, -0.2) is 0 Å². The number of imide groups is 2. The lowest BCUT2D eigenvalue weighted by Gasteiger charge is -2.45. The summed E-state index contributed by atoms with van der Waals surface area (Å²) in [6, 6.07) is 0. The number of allylic oxidation sites excluding steroid dienone is 2. The van der Waals surface area contributed by atoms with Crippen molar-refractivity contribution in [3.05, 3.63) is 24.3 Å². The van der Waals surface area contributed by atoms with Gasteiger partial charge in [-0.05, 0) is 37.5 Å². The molecule has 2 saturated heterocycles. The Morgan fingerprint density at radius 1 is 0.735 bits per heavy atom. The van der Waals surface area contributed by atoms with Gasteiger partial charge in [0, 0.05) is 0 Å². The highest BCUT2D eigenvalue weighted by Crippen LogP contribution is 2.60. The zero-order valence-corrected chi connectivity index (χ0v) is 18.8. The molecule has 4 amide bonds. The molecule has 8 rings (SSSR count). The smallest absolute Gasteiger partial charge is 0.316 e. The van der Waals surface area contributed by atoms with Gasteiger partial charge in [-0.15, -0.1) is 0 Å². The van der Waals surface area contributed by atoms with E-state index in [1.54, 1.807) is 24.3 Å². The van der Waals surface area contributed by atoms with Crippen LogP contribution >= 0.6 is 0 Å². The number of hydrazine groups is 1. The molecule has 0 aromatic heterocycles. The SMILES string of the molecule is COC(=O)C12C=CC(CC1)C1C(=O)N(N3C(=O)C4C5C=CC(C(=O)OC)(CC5)C4C3=O)C(=O)C12. The van der Waals surface area contributed by atoms with Crippen LogP contribution in [0.5, 0.6) is 0 Å². The number of ether oxygens (including phenoxy) is 2. The second-order valence-corrected chi connectivity index (χ2v) is 10.2. The topological polar surface area (TPSA) is 127 Å². The Morgan fingerprint density at radius 2 is 1.12 bits per heavy atom. The van der Waals surface area contributed by atoms with E-state index in [1.165, 1.54) is 14.2 Å². The first-order valence-electron chi connectivity index (χ1n) is 11.5. The Balaban J connectivity index is 1.42. The minimum Gasteiger partial charge on any atom is -0.468 e. The summed E-state index contributed by atoms with van der Waals surface area (Å²) >= 11 is 0. The summed E-state index contributed by atoms with van der Waals surface area (Å²) in [7, 11) is 2.46. The summed E-state index contributed by atoms with van der Waals surface area (Å²) in [5.41, 5.74) is -2.61. The predicted molar refractivity (Wildman–Crippen MR) is 110 cm³/mol. The molecular weight excluding hydrogens is 444 g/mol. The van der Waals surface area contributed by atoms with Crippen LogP contribution in [0.3, 0.4) is 0 Å². The van der Waals surface area contributed by atoms with E-state index >= 15 is 0 Å². The van der Waals surface area contributed by atoms with Crippen molar-refractivity contribution in [1.29, 1.82) is 0 Å². The quantitative estimate of drug-likeness (QED) is 0.331. The number of esters is 2. The molecule has 0 N–H and O–H groups in total. The highest BCUT2D eigenvalue weighted by atomic mass is 16.5. The molecule has 2 heterocycles. The molecule has 8 atom stereocenters. The molecule has 0 spiro atoms. The van der Waals surface area contributed by atoms with Crippen LogP contribution in [0.2, 0.25) is 0 Å². The average Bonchev–Trinajstić information content (AvgIpc) is 3.31. The van der Waals surface area contributed by atoms with Crippen LogP contribution in [0.4, 0.5) is 0 Å². The van der Waals surface area contributed by atoms with E-state index in [0.29, 0.717) is 35.7 Å². The molecule has 8 aliphatic rings. The molecule has 2 aliphatic heterocycles. The van der Waals surface area contributed by atoms with E-state index in [0.717, 1.165) is 0 Å². The standard InChI is InChI=1S/C24H24N2O8/c1-33-21(31)23-7-3-11(4-8-23)13-15(23)19(29)25(17(13)27)26-18(28)14-12-5-9-24(10-6-12,22(32)34-2)16(14)20(26)30/h3,5,7,9,11-16H,4,6,8,10H2,1-2H3. The van der Waals surface area contributed by atoms with Crippen molar-refractivity contribution in [2.45, 2.75) is 25.7 Å². The summed E-state index contributed by atoms with van der Waals surface area (Å²) in [5, 5.41) is 1.32. The maximum Gasteiger partial charge on any atom is 0.316 e. The first-order chi connectivity index (χ1) is 16.2. The van der Waals surface area contributed by atoms with Crippen molar-refractivity contribution in [2.24, 2.45) is 46.3 Å². The highest BCUT2D eigenvalue weighted by Gasteiger charge is 2.72. The third-order valence-electron chi connectivity index (χ3n) is 9.08. The molecule has 10 nitrogen and oxygen atoms in total. The highest BCUT2D eigenvalue weighted by molar-refractivity contribution is 6.16. The van der Waals surface area contributed by atoms with Crippen molar-refractivity contribution in [3.8, 4) is 0 Å². The van der Waals surface area contributed by atoms with Gasteiger partial charge in [0.05, 0.1) is 48.7 Å². The summed E-state index contributed by atoms with van der Waals surface area (Å²) in [4.78, 5) is 80.2. The van der Waals surface area contributed by atoms with Crippen molar-refractivity contribution in [2.75, 3.05) is 14.2 Å². The molecule has 178 valence electrons. The van der Waals surface area contributed by atoms with Crippen molar-refractivity contribution >= 4 is 35.6 Å². The van der Waals surface area contributed by atoms with Crippen LogP contribution < -0.4 is 0 Å². The maximum atomic E-state index is 13.7. The number of rotatable bonds is 3. The van der Waals surface area contributed by atoms with Gasteiger partial charge in [-0.3, -0.25) is 28.8 Å². The van der Waals surface area contributed by atoms with Gasteiger partial charge < -0.3 is 9.47 Å². The van der Waals surface area contributed by atoms with E-state index in [2.05, 4.69) is 0 Å². The third-order valence-corrected chi connectivity index (χ3v) is 9.08. The molecule has 34 heavy (non-hydrogen) atoms. The van der Waals surface area contributed by atoms with Crippen LogP contribution in [-0.2, 0) is 38.2 Å². The summed E-state index contributed by atoms with van der Waals surface area (Å²) in [5.74, 6) is -8.36. The fourth-order valence-corrected chi connectivity index (χ4v) is 7.54. The largest absolute Gasteiger partial charge is 0.468 e. The van der Waals surface area contributed by atoms with Crippen LogP contribution in [-0.4, -0.2) is 59.8 Å². The molecular formula is C24H24N2O8. The van der Waals surface area contributed by atoms with Crippen LogP contribution in [0.1, 0.15) is 25.7 Å². The molecule has 0 radical (unpaired) electrons. The average molecular weight is 468 g/mol. The third kappa shape index (κ3) is 2.17. The Labute approximate surface area is 194 Å². The number of amides is 4. The van der Waals surface area contributed by atoms with Gasteiger partial charge in [0.25, 0.3) is 23.6 Å². The maximum absolute atomic E-state index is 13.7. The van der Waals surface area contributed by atoms with E-state index in [-0.39, 0.29) is 11.8 Å². The van der Waals surface area contributed by atoms with Crippen LogP contribution in [0, 0.1) is 46.3 Å². The Morgan fingerprint density at radius 3 is 1.41 bits per heavy atom. The molecule has 8 unspecified atom stereocenters. The molecule has 4 bridgehead atoms. The molecule has 6 aliphatic carbocycles. The first kappa shape index (κ1) is 21.2. The van der Waals surface area contributed by atoms with Crippen molar-refractivity contribution in [1.82, 2.24) is 10.0 Å². The van der Waals surface area contributed by atoms with E-state index in [9.17, 15) is 28.8 Å². The number of carbonyl (C=O) groups is 6. The summed E-state index contributed by atoms with van der Waals surface area (Å²) in [6.45, 7) is 0. The molecule has 2 saturated carbocycles. The van der Waals surface area contributed by atoms with Gasteiger partial charge in [-0.1, -0.05) is 24.3 Å². The van der Waals surface area contributed by atoms with Crippen LogP contribution in [0.15, 0.2) is 24.3 Å². The summed E-state index contributed by atoms with van der Waals surface area (Å²) in [6.07, 6.45) is 8.55. The second kappa shape index (κ2) is 6.64. The second-order valence-electron chi connectivity index (χ2n) is 10.2. The lowest BCUT2D eigenvalue weighted by Crippen LogP contribution is -2.53. The normalized spacial score (nSPS) is 43.5. The van der Waals surface area contributed by atoms with Gasteiger partial charge in [0.2, 0.25) is 0 Å². The minimum atomic E-state index is -1.30. The lowest BCUT2D eigenvalue weighted by atomic mass is 9.55. The minimum absolute atomic E-state index is 0.271. The zero-order valence-electron chi connectivity index (χ0n) is 18.8. The number of hydrogen-bond donors (Lipinski definition) is 0. The fourth-order valence-electron chi connectivity index (χ4n) is 7.54. The monoisotopic (exact) mass is 468 g/mol. The van der Waals surface area contributed by atoms with E-state index < -0.39 is 70.1 Å². The van der Waals surface area contributed by atoms with Gasteiger partial charge in [-0.2, -0.15) is 10.0 Å². The van der Waals surface area contributed by atoms with Gasteiger partial charge in [0.1, 0.15) is 0 Å². The lowest BCUT2D eigenvalue weighted by molar-refractivity contribution is -0.175. The number of fused-ring (bicyclic) bond motifs is 2. The van der Waals surface area contributed by atoms with E-state index in [1.807, 2.05) is 0 Å². The number of hydrogen-bond acceptors (Lipinski definition) is 8. The van der Waals surface area contributed by atoms with E-state index in [4.69, 9.17) is 9.47 Å². The van der Waals surface area contributed by atoms with Gasteiger partial charge in [0.15, 0.2) is 0 Å². The van der Waals surface area contributed by atoms with Crippen molar-refractivity contribution in [3.63, 3.8) is 0 Å². The Hall–Kier alpha value is -3.30. The Bertz CT molecular complexity index is 1050. The number of nitrogens with zero attached hydrogens (tertiary/aromatic N) is 2. The molecule has 0 aromatic rings. The molecule has 10 heteroatoms. The van der Waals surface area contributed by atoms with Gasteiger partial charge >= 0.3 is 11.9 Å². The molecule has 0 aromatic carbocycles. The molecule has 4 fully saturated rings. The van der Waals surface area contributed by atoms with Crippen LogP contribution in [0.25, 0.3) is 0 Å². The predicted octanol–water partition coefficient (Wildman–Crippen LogP) is 0.382. The number of methoxy groups -OCH3 is 2. The first-order valence-corrected chi connectivity index (χ1v) is 11.5. The van der Waals surface area contributed by atoms with Crippen molar-refractivity contribution < 1.29 is 38.2 Å². The summed E-state index contributed by atoms with van der Waals surface area (Å²) < 4.78 is 9.98. The zero-order chi connectivity index (χ0) is 24.2.